The van der Waals surface area contributed by atoms with Gasteiger partial charge in [0.05, 0.1) is 11.9 Å². The van der Waals surface area contributed by atoms with Crippen LogP contribution >= 0.6 is 11.8 Å². The zero-order valence-corrected chi connectivity index (χ0v) is 22.3. The monoisotopic (exact) mass is 472 g/mol. The van der Waals surface area contributed by atoms with Crippen molar-refractivity contribution in [3.63, 3.8) is 0 Å². The first-order chi connectivity index (χ1) is 15.7. The summed E-state index contributed by atoms with van der Waals surface area (Å²) in [5.41, 5.74) is 0. The molecular formula is C28H56O3S. The highest BCUT2D eigenvalue weighted by molar-refractivity contribution is 7.99. The number of aliphatic carboxylic acids is 1. The molecule has 1 atom stereocenters. The quantitative estimate of drug-likeness (QED) is 0.117. The number of carboxylic acids is 1. The van der Waals surface area contributed by atoms with Gasteiger partial charge in [0.1, 0.15) is 0 Å². The second-order valence-corrected chi connectivity index (χ2v) is 10.8. The first kappa shape index (κ1) is 31.8. The van der Waals surface area contributed by atoms with Gasteiger partial charge in [-0.2, -0.15) is 0 Å². The van der Waals surface area contributed by atoms with Crippen LogP contribution in [0.5, 0.6) is 0 Å². The Labute approximate surface area is 204 Å². The molecule has 0 aromatic heterocycles. The molecule has 0 rings (SSSR count). The van der Waals surface area contributed by atoms with Crippen molar-refractivity contribution in [1.29, 1.82) is 0 Å². The SMILES string of the molecule is CCCCCCCCCCCCCCCCCCCCCCCCC(O)CSCC(=O)O. The lowest BCUT2D eigenvalue weighted by Crippen LogP contribution is -2.11. The van der Waals surface area contributed by atoms with E-state index < -0.39 is 5.97 Å². The summed E-state index contributed by atoms with van der Waals surface area (Å²) in [6.07, 6.45) is 31.1. The van der Waals surface area contributed by atoms with Crippen LogP contribution in [0.3, 0.4) is 0 Å². The Kier molecular flexibility index (Phi) is 26.8. The van der Waals surface area contributed by atoms with E-state index in [1.165, 1.54) is 147 Å². The molecule has 2 N–H and O–H groups in total. The third-order valence-electron chi connectivity index (χ3n) is 6.43. The van der Waals surface area contributed by atoms with Gasteiger partial charge < -0.3 is 10.2 Å². The maximum atomic E-state index is 10.4. The predicted octanol–water partition coefficient (Wildman–Crippen LogP) is 9.16. The van der Waals surface area contributed by atoms with Crippen LogP contribution < -0.4 is 0 Å². The Morgan fingerprint density at radius 1 is 0.594 bits per heavy atom. The van der Waals surface area contributed by atoms with Crippen LogP contribution in [0.15, 0.2) is 0 Å². The number of carbonyl (C=O) groups is 1. The van der Waals surface area contributed by atoms with Gasteiger partial charge >= 0.3 is 5.97 Å². The number of thioether (sulfide) groups is 1. The molecule has 0 spiro atoms. The second kappa shape index (κ2) is 27.0. The highest BCUT2D eigenvalue weighted by Gasteiger charge is 2.05. The van der Waals surface area contributed by atoms with E-state index in [0.717, 1.165) is 12.8 Å². The highest BCUT2D eigenvalue weighted by Crippen LogP contribution is 2.16. The number of unbranched alkanes of at least 4 members (excludes halogenated alkanes) is 21. The van der Waals surface area contributed by atoms with Crippen molar-refractivity contribution in [3.8, 4) is 0 Å². The van der Waals surface area contributed by atoms with E-state index in [1.807, 2.05) is 0 Å². The maximum absolute atomic E-state index is 10.4. The summed E-state index contributed by atoms with van der Waals surface area (Å²) in [5, 5.41) is 18.4. The molecule has 0 amide bonds. The molecule has 0 bridgehead atoms. The van der Waals surface area contributed by atoms with Crippen molar-refractivity contribution < 1.29 is 15.0 Å². The summed E-state index contributed by atoms with van der Waals surface area (Å²) >= 11 is 1.31. The topological polar surface area (TPSA) is 57.5 Å². The molecule has 192 valence electrons. The molecule has 3 nitrogen and oxygen atoms in total. The molecule has 1 unspecified atom stereocenters. The third-order valence-corrected chi connectivity index (χ3v) is 7.50. The lowest BCUT2D eigenvalue weighted by atomic mass is 10.0. The third kappa shape index (κ3) is 27.8. The predicted molar refractivity (Wildman–Crippen MR) is 143 cm³/mol. The van der Waals surface area contributed by atoms with E-state index in [0.29, 0.717) is 5.75 Å². The van der Waals surface area contributed by atoms with Crippen molar-refractivity contribution in [3.05, 3.63) is 0 Å². The molecule has 0 aliphatic rings. The van der Waals surface area contributed by atoms with Gasteiger partial charge in [-0.15, -0.1) is 11.8 Å². The number of hydrogen-bond donors (Lipinski definition) is 2. The van der Waals surface area contributed by atoms with Crippen LogP contribution in [0.1, 0.15) is 155 Å². The molecule has 0 radical (unpaired) electrons. The van der Waals surface area contributed by atoms with Crippen molar-refractivity contribution >= 4 is 17.7 Å². The Morgan fingerprint density at radius 2 is 0.906 bits per heavy atom. The van der Waals surface area contributed by atoms with E-state index in [2.05, 4.69) is 6.92 Å². The standard InChI is InChI=1S/C28H56O3S/c1-2-3-4-5-6-7-8-9-10-11-12-13-14-15-16-17-18-19-20-21-22-23-24-27(29)25-32-26-28(30)31/h27,29H,2-26H2,1H3,(H,30,31). The van der Waals surface area contributed by atoms with Crippen molar-refractivity contribution in [2.45, 2.75) is 161 Å². The molecule has 0 saturated heterocycles. The Bertz CT molecular complexity index is 376. The van der Waals surface area contributed by atoms with Gasteiger partial charge in [0.25, 0.3) is 0 Å². The Hall–Kier alpha value is -0.220. The summed E-state index contributed by atoms with van der Waals surface area (Å²) in [6.45, 7) is 2.29. The van der Waals surface area contributed by atoms with Crippen LogP contribution in [0.4, 0.5) is 0 Å². The van der Waals surface area contributed by atoms with Gasteiger partial charge in [-0.25, -0.2) is 0 Å². The Morgan fingerprint density at radius 3 is 1.22 bits per heavy atom. The normalized spacial score (nSPS) is 12.3. The largest absolute Gasteiger partial charge is 0.481 e. The molecule has 0 aromatic rings. The van der Waals surface area contributed by atoms with Gasteiger partial charge in [0.15, 0.2) is 0 Å². The number of aliphatic hydroxyl groups is 1. The minimum Gasteiger partial charge on any atom is -0.481 e. The van der Waals surface area contributed by atoms with Crippen LogP contribution in [0.2, 0.25) is 0 Å². The van der Waals surface area contributed by atoms with Crippen molar-refractivity contribution in [2.75, 3.05) is 11.5 Å². The minimum absolute atomic E-state index is 0.0937. The fraction of sp³-hybridized carbons (Fsp3) is 0.964. The molecule has 0 heterocycles. The minimum atomic E-state index is -0.799. The lowest BCUT2D eigenvalue weighted by molar-refractivity contribution is -0.133. The summed E-state index contributed by atoms with van der Waals surface area (Å²) < 4.78 is 0. The van der Waals surface area contributed by atoms with E-state index in [1.54, 1.807) is 0 Å². The summed E-state index contributed by atoms with van der Waals surface area (Å²) in [6, 6.07) is 0. The summed E-state index contributed by atoms with van der Waals surface area (Å²) in [4.78, 5) is 10.4. The average Bonchev–Trinajstić information content (AvgIpc) is 2.77. The number of hydrogen-bond acceptors (Lipinski definition) is 3. The highest BCUT2D eigenvalue weighted by atomic mass is 32.2. The first-order valence-electron chi connectivity index (χ1n) is 14.1. The second-order valence-electron chi connectivity index (χ2n) is 9.78. The van der Waals surface area contributed by atoms with Crippen LogP contribution in [-0.4, -0.2) is 33.8 Å². The molecule has 0 aromatic carbocycles. The van der Waals surface area contributed by atoms with Crippen LogP contribution in [-0.2, 0) is 4.79 Å². The fourth-order valence-electron chi connectivity index (χ4n) is 4.35. The van der Waals surface area contributed by atoms with E-state index >= 15 is 0 Å². The van der Waals surface area contributed by atoms with Crippen molar-refractivity contribution in [2.24, 2.45) is 0 Å². The van der Waals surface area contributed by atoms with E-state index in [4.69, 9.17) is 5.11 Å². The average molecular weight is 473 g/mol. The van der Waals surface area contributed by atoms with Gasteiger partial charge in [0.2, 0.25) is 0 Å². The molecule has 4 heteroatoms. The molecule has 0 saturated carbocycles. The maximum Gasteiger partial charge on any atom is 0.313 e. The molecular weight excluding hydrogens is 416 g/mol. The van der Waals surface area contributed by atoms with Crippen LogP contribution in [0.25, 0.3) is 0 Å². The van der Waals surface area contributed by atoms with Gasteiger partial charge in [-0.3, -0.25) is 4.79 Å². The van der Waals surface area contributed by atoms with E-state index in [9.17, 15) is 9.90 Å². The first-order valence-corrected chi connectivity index (χ1v) is 15.3. The summed E-state index contributed by atoms with van der Waals surface area (Å²) in [7, 11) is 0. The van der Waals surface area contributed by atoms with Gasteiger partial charge in [-0.1, -0.05) is 148 Å². The molecule has 0 aliphatic heterocycles. The molecule has 32 heavy (non-hydrogen) atoms. The fourth-order valence-corrected chi connectivity index (χ4v) is 5.09. The zero-order valence-electron chi connectivity index (χ0n) is 21.5. The molecule has 0 aliphatic carbocycles. The zero-order chi connectivity index (χ0) is 23.5. The molecule has 0 fully saturated rings. The number of aliphatic hydroxyl groups excluding tert-OH is 1. The Balaban J connectivity index is 3.08. The van der Waals surface area contributed by atoms with Gasteiger partial charge in [-0.05, 0) is 6.42 Å². The lowest BCUT2D eigenvalue weighted by Gasteiger charge is -2.09. The number of rotatable bonds is 27. The van der Waals surface area contributed by atoms with Crippen LogP contribution in [0, 0.1) is 0 Å². The van der Waals surface area contributed by atoms with Gasteiger partial charge in [0, 0.05) is 5.75 Å². The number of carboxylic acid groups (broad SMARTS) is 1. The van der Waals surface area contributed by atoms with E-state index in [-0.39, 0.29) is 11.9 Å². The summed E-state index contributed by atoms with van der Waals surface area (Å²) in [5.74, 6) is -0.159. The van der Waals surface area contributed by atoms with Crippen molar-refractivity contribution in [1.82, 2.24) is 0 Å². The smallest absolute Gasteiger partial charge is 0.313 e.